The summed E-state index contributed by atoms with van der Waals surface area (Å²) in [5, 5.41) is 0. The van der Waals surface area contributed by atoms with Crippen LogP contribution < -0.4 is 16.0 Å². The van der Waals surface area contributed by atoms with Gasteiger partial charge in [-0.15, -0.1) is 12.4 Å². The molecule has 1 rings (SSSR count). The lowest BCUT2D eigenvalue weighted by Crippen LogP contribution is -2.08. The first-order chi connectivity index (χ1) is 4.86. The molecule has 4 nitrogen and oxygen atoms in total. The van der Waals surface area contributed by atoms with Crippen molar-refractivity contribution in [2.45, 2.75) is 0 Å². The summed E-state index contributed by atoms with van der Waals surface area (Å²) in [6.07, 6.45) is 0. The Morgan fingerprint density at radius 3 is 2.82 bits per heavy atom. The number of nitrogen functional groups attached to an aromatic ring is 1. The zero-order valence-corrected chi connectivity index (χ0v) is 6.89. The molecule has 0 bridgehead atoms. The summed E-state index contributed by atoms with van der Waals surface area (Å²) >= 11 is 0. The number of nitrogens with one attached hydrogen (secondary N) is 1. The highest BCUT2D eigenvalue weighted by atomic mass is 35.5. The molecule has 0 amide bonds. The third kappa shape index (κ3) is 2.61. The molecule has 0 aliphatic heterocycles. The van der Waals surface area contributed by atoms with Crippen LogP contribution in [0.5, 0.6) is 5.88 Å². The minimum absolute atomic E-state index is 0. The normalized spacial score (nSPS) is 8.18. The average Bonchev–Trinajstić information content (AvgIpc) is 2.05. The number of pyridine rings is 1. The molecule has 0 atom stereocenters. The number of hydrazine groups is 1. The lowest BCUT2D eigenvalue weighted by Gasteiger charge is -2.00. The molecule has 0 spiro atoms. The molecular weight excluding hydrogens is 166 g/mol. The topological polar surface area (TPSA) is 60.2 Å². The first kappa shape index (κ1) is 10.0. The van der Waals surface area contributed by atoms with E-state index in [2.05, 4.69) is 10.4 Å². The van der Waals surface area contributed by atoms with Crippen LogP contribution in [0.1, 0.15) is 0 Å². The van der Waals surface area contributed by atoms with E-state index in [1.54, 1.807) is 25.3 Å². The highest BCUT2D eigenvalue weighted by Gasteiger charge is 1.91. The number of anilines is 1. The van der Waals surface area contributed by atoms with E-state index in [-0.39, 0.29) is 12.4 Å². The second-order valence-corrected chi connectivity index (χ2v) is 1.71. The average molecular weight is 176 g/mol. The maximum Gasteiger partial charge on any atom is 0.214 e. The van der Waals surface area contributed by atoms with Gasteiger partial charge in [0.2, 0.25) is 5.88 Å². The molecule has 5 heteroatoms. The molecule has 3 N–H and O–H groups in total. The van der Waals surface area contributed by atoms with Gasteiger partial charge in [0, 0.05) is 6.07 Å². The molecule has 0 aliphatic rings. The number of halogens is 1. The fourth-order valence-electron chi connectivity index (χ4n) is 0.609. The largest absolute Gasteiger partial charge is 0.481 e. The first-order valence-electron chi connectivity index (χ1n) is 2.84. The van der Waals surface area contributed by atoms with E-state index < -0.39 is 0 Å². The van der Waals surface area contributed by atoms with Crippen molar-refractivity contribution in [2.75, 3.05) is 12.5 Å². The molecule has 0 saturated carbocycles. The van der Waals surface area contributed by atoms with Gasteiger partial charge < -0.3 is 10.2 Å². The Balaban J connectivity index is 0.000001000. The predicted molar refractivity (Wildman–Crippen MR) is 45.8 cm³/mol. The summed E-state index contributed by atoms with van der Waals surface area (Å²) in [7, 11) is 1.56. The molecule has 0 aromatic carbocycles. The van der Waals surface area contributed by atoms with Crippen LogP contribution in [0.4, 0.5) is 5.82 Å². The number of ether oxygens (including phenoxy) is 1. The van der Waals surface area contributed by atoms with E-state index in [1.165, 1.54) is 0 Å². The quantitative estimate of drug-likeness (QED) is 0.516. The minimum Gasteiger partial charge on any atom is -0.481 e. The number of nitrogens with two attached hydrogens (primary N) is 1. The van der Waals surface area contributed by atoms with Crippen molar-refractivity contribution in [1.82, 2.24) is 4.98 Å². The van der Waals surface area contributed by atoms with Gasteiger partial charge in [0.1, 0.15) is 5.82 Å². The number of methoxy groups -OCH3 is 1. The fourth-order valence-corrected chi connectivity index (χ4v) is 0.609. The Bertz CT molecular complexity index is 199. The maximum absolute atomic E-state index is 5.11. The molecule has 62 valence electrons. The molecule has 0 fully saturated rings. The van der Waals surface area contributed by atoms with Crippen LogP contribution in [0, 0.1) is 0 Å². The van der Waals surface area contributed by atoms with Gasteiger partial charge in [-0.05, 0) is 6.07 Å². The number of hydrogen-bond acceptors (Lipinski definition) is 4. The van der Waals surface area contributed by atoms with E-state index in [9.17, 15) is 0 Å². The van der Waals surface area contributed by atoms with Gasteiger partial charge >= 0.3 is 0 Å². The third-order valence-corrected chi connectivity index (χ3v) is 1.08. The lowest BCUT2D eigenvalue weighted by atomic mass is 10.4. The van der Waals surface area contributed by atoms with Crippen molar-refractivity contribution >= 4 is 18.2 Å². The van der Waals surface area contributed by atoms with Crippen LogP contribution in [-0.2, 0) is 0 Å². The van der Waals surface area contributed by atoms with Crippen LogP contribution in [0.15, 0.2) is 18.2 Å². The predicted octanol–water partition coefficient (Wildman–Crippen LogP) is 0.798. The highest BCUT2D eigenvalue weighted by molar-refractivity contribution is 5.85. The summed E-state index contributed by atoms with van der Waals surface area (Å²) in [6.45, 7) is 0. The van der Waals surface area contributed by atoms with Crippen LogP contribution in [0.25, 0.3) is 0 Å². The number of hydrogen-bond donors (Lipinski definition) is 2. The Morgan fingerprint density at radius 1 is 1.55 bits per heavy atom. The lowest BCUT2D eigenvalue weighted by molar-refractivity contribution is 0.398. The zero-order chi connectivity index (χ0) is 7.40. The van der Waals surface area contributed by atoms with Crippen molar-refractivity contribution in [3.63, 3.8) is 0 Å². The second-order valence-electron chi connectivity index (χ2n) is 1.71. The van der Waals surface area contributed by atoms with Gasteiger partial charge in [-0.2, -0.15) is 4.98 Å². The van der Waals surface area contributed by atoms with Crippen LogP contribution >= 0.6 is 12.4 Å². The highest BCUT2D eigenvalue weighted by Crippen LogP contribution is 2.08. The maximum atomic E-state index is 5.11. The summed E-state index contributed by atoms with van der Waals surface area (Å²) in [6, 6.07) is 5.31. The standard InChI is InChI=1S/C6H9N3O.ClH/c1-10-6-4-2-3-5(8-6)9-7;/h2-4H,7H2,1H3,(H,8,9);1H. The Kier molecular flexibility index (Phi) is 4.33. The first-order valence-corrected chi connectivity index (χ1v) is 2.84. The smallest absolute Gasteiger partial charge is 0.214 e. The van der Waals surface area contributed by atoms with Crippen molar-refractivity contribution < 1.29 is 4.74 Å². The molecule has 0 unspecified atom stereocenters. The molecule has 11 heavy (non-hydrogen) atoms. The Hall–Kier alpha value is -1.00. The van der Waals surface area contributed by atoms with Crippen LogP contribution in [-0.4, -0.2) is 12.1 Å². The van der Waals surface area contributed by atoms with Gasteiger partial charge in [0.15, 0.2) is 0 Å². The summed E-state index contributed by atoms with van der Waals surface area (Å²) in [5.41, 5.74) is 2.41. The van der Waals surface area contributed by atoms with Gasteiger partial charge in [-0.3, -0.25) is 0 Å². The Morgan fingerprint density at radius 2 is 2.27 bits per heavy atom. The molecule has 1 aromatic rings. The number of nitrogens with zero attached hydrogens (tertiary/aromatic N) is 1. The Labute approximate surface area is 71.1 Å². The monoisotopic (exact) mass is 175 g/mol. The summed E-state index contributed by atoms with van der Waals surface area (Å²) < 4.78 is 4.85. The third-order valence-electron chi connectivity index (χ3n) is 1.08. The van der Waals surface area contributed by atoms with Gasteiger partial charge in [0.05, 0.1) is 7.11 Å². The molecule has 1 heterocycles. The van der Waals surface area contributed by atoms with Gasteiger partial charge in [0.25, 0.3) is 0 Å². The summed E-state index contributed by atoms with van der Waals surface area (Å²) in [4.78, 5) is 3.95. The molecule has 1 aromatic heterocycles. The number of aromatic nitrogens is 1. The fraction of sp³-hybridized carbons (Fsp3) is 0.167. The van der Waals surface area contributed by atoms with E-state index in [0.717, 1.165) is 0 Å². The van der Waals surface area contributed by atoms with E-state index in [4.69, 9.17) is 10.6 Å². The van der Waals surface area contributed by atoms with Crippen molar-refractivity contribution in [3.8, 4) is 5.88 Å². The zero-order valence-electron chi connectivity index (χ0n) is 6.07. The molecular formula is C6H10ClN3O. The number of rotatable bonds is 2. The van der Waals surface area contributed by atoms with Gasteiger partial charge in [-0.1, -0.05) is 6.07 Å². The minimum atomic E-state index is 0. The molecule has 0 radical (unpaired) electrons. The SMILES string of the molecule is COc1cccc(NN)n1.Cl. The van der Waals surface area contributed by atoms with Crippen molar-refractivity contribution in [3.05, 3.63) is 18.2 Å². The van der Waals surface area contributed by atoms with E-state index in [0.29, 0.717) is 11.7 Å². The van der Waals surface area contributed by atoms with Crippen LogP contribution in [0.2, 0.25) is 0 Å². The van der Waals surface area contributed by atoms with Crippen molar-refractivity contribution in [1.29, 1.82) is 0 Å². The second kappa shape index (κ2) is 4.76. The molecule has 0 saturated heterocycles. The van der Waals surface area contributed by atoms with E-state index in [1.807, 2.05) is 0 Å². The van der Waals surface area contributed by atoms with Crippen LogP contribution in [0.3, 0.4) is 0 Å². The van der Waals surface area contributed by atoms with E-state index >= 15 is 0 Å². The van der Waals surface area contributed by atoms with Gasteiger partial charge in [-0.25, -0.2) is 5.84 Å². The van der Waals surface area contributed by atoms with Crippen molar-refractivity contribution in [2.24, 2.45) is 5.84 Å². The summed E-state index contributed by atoms with van der Waals surface area (Å²) in [5.74, 6) is 6.25. The molecule has 0 aliphatic carbocycles.